The number of ether oxygens (including phenoxy) is 1. The Bertz CT molecular complexity index is 832. The van der Waals surface area contributed by atoms with Crippen LogP contribution in [0.5, 0.6) is 0 Å². The van der Waals surface area contributed by atoms with E-state index in [1.54, 1.807) is 12.1 Å². The summed E-state index contributed by atoms with van der Waals surface area (Å²) in [5, 5.41) is 4.02. The lowest BCUT2D eigenvalue weighted by Gasteiger charge is -2.09. The van der Waals surface area contributed by atoms with E-state index in [0.29, 0.717) is 5.75 Å². The number of carbonyl (C=O) groups excluding carboxylic acids is 1. The first-order valence-corrected chi connectivity index (χ1v) is 8.72. The molecular weight excluding hydrogens is 339 g/mol. The van der Waals surface area contributed by atoms with E-state index in [0.717, 1.165) is 27.7 Å². The molecule has 0 amide bonds. The Balaban J connectivity index is 1.82. The number of aliphatic imine (C=N–C) groups is 1. The minimum atomic E-state index is -0.319. The molecule has 0 unspecified atom stereocenters. The number of esters is 1. The van der Waals surface area contributed by atoms with Crippen LogP contribution in [-0.2, 0) is 15.3 Å². The van der Waals surface area contributed by atoms with Crippen LogP contribution >= 0.6 is 11.8 Å². The predicted octanol–water partition coefficient (Wildman–Crippen LogP) is 4.66. The van der Waals surface area contributed by atoms with Gasteiger partial charge in [-0.1, -0.05) is 24.3 Å². The van der Waals surface area contributed by atoms with Gasteiger partial charge in [-0.05, 0) is 35.9 Å². The number of nitrogens with one attached hydrogen (secondary N) is 1. The summed E-state index contributed by atoms with van der Waals surface area (Å²) in [6, 6.07) is 14.1. The van der Waals surface area contributed by atoms with Gasteiger partial charge in [0.15, 0.2) is 0 Å². The summed E-state index contributed by atoms with van der Waals surface area (Å²) in [5.41, 5.74) is 3.37. The smallest absolute Gasteiger partial charge is 0.311 e. The number of fused-ring (bicyclic) bond motifs is 1. The highest BCUT2D eigenvalue weighted by Gasteiger charge is 2.14. The molecule has 3 rings (SSSR count). The summed E-state index contributed by atoms with van der Waals surface area (Å²) in [4.78, 5) is 16.3. The number of thioether (sulfide) groups is 1. The van der Waals surface area contributed by atoms with Gasteiger partial charge < -0.3 is 10.1 Å². The molecular formula is C19H17FN2O2S. The summed E-state index contributed by atoms with van der Waals surface area (Å²) in [5.74, 6) is 0.0866. The minimum absolute atomic E-state index is 0.140. The molecule has 6 heteroatoms. The van der Waals surface area contributed by atoms with E-state index in [4.69, 9.17) is 4.74 Å². The molecule has 2 aromatic rings. The molecule has 0 saturated carbocycles. The molecule has 1 aliphatic rings. The maximum absolute atomic E-state index is 13.0. The quantitative estimate of drug-likeness (QED) is 0.810. The van der Waals surface area contributed by atoms with Crippen molar-refractivity contribution in [3.8, 4) is 0 Å². The number of hydrogen-bond donors (Lipinski definition) is 1. The zero-order chi connectivity index (χ0) is 17.6. The van der Waals surface area contributed by atoms with Crippen molar-refractivity contribution in [2.24, 2.45) is 4.99 Å². The summed E-state index contributed by atoms with van der Waals surface area (Å²) < 4.78 is 17.8. The number of carbonyl (C=O) groups is 1. The number of nitrogens with zero attached hydrogens (tertiary/aromatic N) is 1. The Morgan fingerprint density at radius 2 is 1.96 bits per heavy atom. The van der Waals surface area contributed by atoms with Crippen LogP contribution in [0.3, 0.4) is 0 Å². The molecule has 0 saturated heterocycles. The van der Waals surface area contributed by atoms with Crippen molar-refractivity contribution in [1.82, 2.24) is 0 Å². The number of para-hydroxylation sites is 2. The van der Waals surface area contributed by atoms with E-state index in [-0.39, 0.29) is 18.2 Å². The predicted molar refractivity (Wildman–Crippen MR) is 99.6 cm³/mol. The van der Waals surface area contributed by atoms with E-state index in [9.17, 15) is 9.18 Å². The summed E-state index contributed by atoms with van der Waals surface area (Å²) >= 11 is 1.53. The van der Waals surface area contributed by atoms with E-state index >= 15 is 0 Å². The lowest BCUT2D eigenvalue weighted by molar-refractivity contribution is -0.139. The van der Waals surface area contributed by atoms with Crippen LogP contribution in [0.2, 0.25) is 0 Å². The average Bonchev–Trinajstić information content (AvgIpc) is 2.79. The fourth-order valence-electron chi connectivity index (χ4n) is 2.32. The lowest BCUT2D eigenvalue weighted by atomic mass is 10.2. The molecule has 1 N–H and O–H groups in total. The fourth-order valence-corrected chi connectivity index (χ4v) is 3.22. The van der Waals surface area contributed by atoms with Gasteiger partial charge in [-0.3, -0.25) is 4.79 Å². The van der Waals surface area contributed by atoms with E-state index in [1.807, 2.05) is 30.3 Å². The van der Waals surface area contributed by atoms with Crippen molar-refractivity contribution in [2.75, 3.05) is 12.4 Å². The molecule has 0 spiro atoms. The van der Waals surface area contributed by atoms with Gasteiger partial charge in [-0.15, -0.1) is 11.8 Å². The minimum Gasteiger partial charge on any atom is -0.469 e. The molecule has 4 nitrogen and oxygen atoms in total. The number of methoxy groups -OCH3 is 1. The number of benzene rings is 2. The second kappa shape index (κ2) is 7.98. The summed E-state index contributed by atoms with van der Waals surface area (Å²) in [6.45, 7) is 0. The van der Waals surface area contributed by atoms with Crippen LogP contribution < -0.4 is 5.32 Å². The second-order valence-electron chi connectivity index (χ2n) is 5.43. The Morgan fingerprint density at radius 3 is 2.72 bits per heavy atom. The Kier molecular flexibility index (Phi) is 5.50. The van der Waals surface area contributed by atoms with Gasteiger partial charge in [-0.2, -0.15) is 0 Å². The molecule has 128 valence electrons. The summed E-state index contributed by atoms with van der Waals surface area (Å²) in [7, 11) is 1.37. The maximum Gasteiger partial charge on any atom is 0.311 e. The molecule has 1 heterocycles. The van der Waals surface area contributed by atoms with Crippen molar-refractivity contribution < 1.29 is 13.9 Å². The van der Waals surface area contributed by atoms with Crippen LogP contribution in [0.15, 0.2) is 65.3 Å². The fraction of sp³-hybridized carbons (Fsp3) is 0.158. The van der Waals surface area contributed by atoms with Gasteiger partial charge in [0, 0.05) is 11.4 Å². The third kappa shape index (κ3) is 4.70. The highest BCUT2D eigenvalue weighted by Crippen LogP contribution is 2.31. The second-order valence-corrected chi connectivity index (χ2v) is 6.43. The monoisotopic (exact) mass is 356 g/mol. The van der Waals surface area contributed by atoms with Gasteiger partial charge in [0.05, 0.1) is 29.9 Å². The van der Waals surface area contributed by atoms with Crippen LogP contribution in [0.25, 0.3) is 0 Å². The van der Waals surface area contributed by atoms with Crippen LogP contribution in [-0.4, -0.2) is 18.1 Å². The summed E-state index contributed by atoms with van der Waals surface area (Å²) in [6.07, 6.45) is 1.99. The Hall–Kier alpha value is -2.60. The molecule has 0 fully saturated rings. The number of hydrogen-bond acceptors (Lipinski definition) is 5. The molecule has 0 aliphatic carbocycles. The highest BCUT2D eigenvalue weighted by atomic mass is 32.2. The third-order valence-electron chi connectivity index (χ3n) is 3.59. The van der Waals surface area contributed by atoms with Gasteiger partial charge in [-0.25, -0.2) is 9.38 Å². The van der Waals surface area contributed by atoms with Gasteiger partial charge in [0.25, 0.3) is 0 Å². The highest BCUT2D eigenvalue weighted by molar-refractivity contribution is 8.13. The molecule has 0 aromatic heterocycles. The van der Waals surface area contributed by atoms with Crippen LogP contribution in [0.4, 0.5) is 15.8 Å². The van der Waals surface area contributed by atoms with Gasteiger partial charge >= 0.3 is 5.97 Å². The SMILES string of the molecule is COC(=O)CC1=CC(SCc2ccc(F)cc2)=Nc2ccccc2N1. The van der Waals surface area contributed by atoms with Gasteiger partial charge in [0.2, 0.25) is 0 Å². The topological polar surface area (TPSA) is 50.7 Å². The maximum atomic E-state index is 13.0. The molecule has 25 heavy (non-hydrogen) atoms. The van der Waals surface area contributed by atoms with Crippen LogP contribution in [0.1, 0.15) is 12.0 Å². The molecule has 0 radical (unpaired) electrons. The number of anilines is 1. The van der Waals surface area contributed by atoms with Crippen molar-refractivity contribution >= 4 is 34.1 Å². The van der Waals surface area contributed by atoms with Gasteiger partial charge in [0.1, 0.15) is 5.82 Å². The van der Waals surface area contributed by atoms with E-state index in [2.05, 4.69) is 10.3 Å². The average molecular weight is 356 g/mol. The molecule has 0 atom stereocenters. The first-order chi connectivity index (χ1) is 12.1. The number of halogens is 1. The normalized spacial score (nSPS) is 13.0. The third-order valence-corrected chi connectivity index (χ3v) is 4.57. The largest absolute Gasteiger partial charge is 0.469 e. The molecule has 1 aliphatic heterocycles. The number of rotatable bonds is 4. The zero-order valence-corrected chi connectivity index (χ0v) is 14.5. The van der Waals surface area contributed by atoms with Crippen molar-refractivity contribution in [3.05, 3.63) is 71.7 Å². The van der Waals surface area contributed by atoms with Crippen LogP contribution in [0, 0.1) is 5.82 Å². The first-order valence-electron chi connectivity index (χ1n) is 7.73. The molecule has 0 bridgehead atoms. The molecule has 2 aromatic carbocycles. The Morgan fingerprint density at radius 1 is 1.20 bits per heavy atom. The lowest BCUT2D eigenvalue weighted by Crippen LogP contribution is -2.08. The Labute approximate surface area is 149 Å². The zero-order valence-electron chi connectivity index (χ0n) is 13.7. The van der Waals surface area contributed by atoms with E-state index in [1.165, 1.54) is 31.0 Å². The standard InChI is InChI=1S/C19H17FN2O2S/c1-24-19(23)11-15-10-18(22-17-5-3-2-4-16(17)21-15)25-12-13-6-8-14(20)9-7-13/h2-10,21H,11-12H2,1H3. The van der Waals surface area contributed by atoms with Crippen molar-refractivity contribution in [3.63, 3.8) is 0 Å². The van der Waals surface area contributed by atoms with E-state index < -0.39 is 0 Å². The van der Waals surface area contributed by atoms with Crippen molar-refractivity contribution in [2.45, 2.75) is 12.2 Å². The first kappa shape index (κ1) is 17.2. The van der Waals surface area contributed by atoms with Crippen molar-refractivity contribution in [1.29, 1.82) is 0 Å².